The Hall–Kier alpha value is -1.80. The van der Waals surface area contributed by atoms with E-state index in [0.717, 1.165) is 51.4 Å². The van der Waals surface area contributed by atoms with Gasteiger partial charge in [0.05, 0.1) is 39.9 Å². The van der Waals surface area contributed by atoms with Crippen molar-refractivity contribution in [3.63, 3.8) is 0 Å². The van der Waals surface area contributed by atoms with Gasteiger partial charge in [-0.2, -0.15) is 0 Å². The van der Waals surface area contributed by atoms with E-state index in [-0.39, 0.29) is 19.1 Å². The van der Waals surface area contributed by atoms with E-state index in [1.807, 2.05) is 27.2 Å². The Kier molecular flexibility index (Phi) is 72.0. The molecule has 0 radical (unpaired) electrons. The van der Waals surface area contributed by atoms with Crippen molar-refractivity contribution in [2.24, 2.45) is 0 Å². The quantitative estimate of drug-likeness (QED) is 0.0272. The summed E-state index contributed by atoms with van der Waals surface area (Å²) >= 11 is 0. The molecule has 0 saturated carbocycles. The third kappa shape index (κ3) is 75.6. The first-order valence-electron chi connectivity index (χ1n) is 40.7. The van der Waals surface area contributed by atoms with Crippen molar-refractivity contribution in [3.05, 3.63) is 60.8 Å². The van der Waals surface area contributed by atoms with Crippen LogP contribution in [0.3, 0.4) is 0 Å². The van der Waals surface area contributed by atoms with Gasteiger partial charge in [-0.1, -0.05) is 396 Å². The number of unbranched alkanes of at least 4 members (excludes halogenated alkanes) is 55. The summed E-state index contributed by atoms with van der Waals surface area (Å²) in [7, 11) is 1.26. The molecule has 0 heterocycles. The highest BCUT2D eigenvalue weighted by molar-refractivity contribution is 7.45. The number of allylic oxidation sites excluding steroid dienone is 9. The van der Waals surface area contributed by atoms with Crippen LogP contribution < -0.4 is 10.2 Å². The van der Waals surface area contributed by atoms with Crippen molar-refractivity contribution in [3.8, 4) is 0 Å². The van der Waals surface area contributed by atoms with Crippen LogP contribution in [-0.4, -0.2) is 68.5 Å². The fourth-order valence-electron chi connectivity index (χ4n) is 12.4. The molecule has 0 bridgehead atoms. The van der Waals surface area contributed by atoms with Crippen molar-refractivity contribution < 1.29 is 32.9 Å². The number of nitrogens with zero attached hydrogens (tertiary/aromatic N) is 1. The van der Waals surface area contributed by atoms with Gasteiger partial charge in [-0.3, -0.25) is 9.36 Å². The van der Waals surface area contributed by atoms with Crippen LogP contribution in [0, 0.1) is 0 Å². The van der Waals surface area contributed by atoms with Crippen LogP contribution in [0.25, 0.3) is 0 Å². The molecule has 3 unspecified atom stereocenters. The molecule has 0 aliphatic rings. The number of carbonyl (C=O) groups is 1. The van der Waals surface area contributed by atoms with E-state index in [4.69, 9.17) is 9.05 Å². The molecule has 0 aromatic rings. The molecule has 542 valence electrons. The Labute approximate surface area is 574 Å². The summed E-state index contributed by atoms with van der Waals surface area (Å²) in [6, 6.07) is -0.905. The highest BCUT2D eigenvalue weighted by Crippen LogP contribution is 2.38. The SMILES string of the molecule is CCCCCCC/C=C\C/C=C\C/C=C\CCCCCCCCCCCCCCCCCCCCCCCCCCCCC(=O)NC(COP(=O)([O-])OCC[N+](C)(C)C)C(O)/C=C/CC/C=C/CCCCCCCCCCCCCCCCCCCCCCCCC. The summed E-state index contributed by atoms with van der Waals surface area (Å²) in [6.45, 7) is 4.68. The maximum absolute atomic E-state index is 13.1. The zero-order valence-corrected chi connectivity index (χ0v) is 63.2. The van der Waals surface area contributed by atoms with E-state index in [1.54, 1.807) is 6.08 Å². The summed E-state index contributed by atoms with van der Waals surface area (Å²) in [5.74, 6) is -0.199. The van der Waals surface area contributed by atoms with Crippen LogP contribution in [0.15, 0.2) is 60.8 Å². The van der Waals surface area contributed by atoms with Crippen LogP contribution in [0.4, 0.5) is 0 Å². The van der Waals surface area contributed by atoms with Gasteiger partial charge in [-0.25, -0.2) is 0 Å². The van der Waals surface area contributed by atoms with Crippen LogP contribution in [0.1, 0.15) is 412 Å². The Bertz CT molecular complexity index is 1690. The first-order valence-corrected chi connectivity index (χ1v) is 42.1. The van der Waals surface area contributed by atoms with Crippen LogP contribution in [-0.2, 0) is 18.4 Å². The summed E-state index contributed by atoms with van der Waals surface area (Å²) in [5, 5.41) is 14.0. The van der Waals surface area contributed by atoms with Crippen LogP contribution in [0.2, 0.25) is 0 Å². The lowest BCUT2D eigenvalue weighted by molar-refractivity contribution is -0.870. The zero-order valence-electron chi connectivity index (χ0n) is 62.3. The largest absolute Gasteiger partial charge is 0.756 e. The molecule has 0 aliphatic heterocycles. The number of carbonyl (C=O) groups excluding carboxylic acids is 1. The second kappa shape index (κ2) is 73.4. The molecule has 0 aromatic carbocycles. The van der Waals surface area contributed by atoms with Crippen molar-refractivity contribution in [2.75, 3.05) is 40.9 Å². The van der Waals surface area contributed by atoms with Gasteiger partial charge in [0.25, 0.3) is 7.82 Å². The molecule has 0 rings (SSSR count). The third-order valence-electron chi connectivity index (χ3n) is 18.7. The number of phosphoric acid groups is 1. The fourth-order valence-corrected chi connectivity index (χ4v) is 13.1. The predicted octanol–water partition coefficient (Wildman–Crippen LogP) is 26.0. The molecule has 0 aliphatic carbocycles. The first-order chi connectivity index (χ1) is 45.0. The van der Waals surface area contributed by atoms with Crippen molar-refractivity contribution in [1.82, 2.24) is 5.32 Å². The van der Waals surface area contributed by atoms with Gasteiger partial charge in [0.2, 0.25) is 5.91 Å². The van der Waals surface area contributed by atoms with Gasteiger partial charge in [0.15, 0.2) is 0 Å². The maximum atomic E-state index is 13.1. The number of hydrogen-bond acceptors (Lipinski definition) is 6. The lowest BCUT2D eigenvalue weighted by Gasteiger charge is -2.29. The minimum absolute atomic E-state index is 0.00509. The Morgan fingerprint density at radius 2 is 0.641 bits per heavy atom. The summed E-state index contributed by atoms with van der Waals surface area (Å²) in [6.07, 6.45) is 103. The standard InChI is InChI=1S/C83H159N2O6P/c1-6-8-10-12-14-16-18-20-22-24-26-28-30-32-34-36-37-38-39-40-41-42-43-44-45-46-47-49-51-53-55-57-59-61-63-65-67-69-71-73-75-77-83(87)84-81(80-91-92(88,89)90-79-78-85(3,4)5)82(86)76-74-72-70-68-66-64-62-60-58-56-54-52-50-48-35-33-31-29-27-25-23-21-19-17-15-13-11-9-7-2/h18,20,24,26,30,32,66,68,74,76,81-82,86H,6-17,19,21-23,25,27-29,31,33-65,67,69-73,75,77-80H2,1-5H3,(H-,84,87,88,89)/b20-18-,26-24-,32-30-,68-66+,76-74+. The van der Waals surface area contributed by atoms with Gasteiger partial charge in [-0.15, -0.1) is 0 Å². The second-order valence-electron chi connectivity index (χ2n) is 29.1. The minimum atomic E-state index is -4.62. The van der Waals surface area contributed by atoms with Gasteiger partial charge in [0, 0.05) is 6.42 Å². The van der Waals surface area contributed by atoms with Crippen molar-refractivity contribution in [2.45, 2.75) is 424 Å². The summed E-state index contributed by atoms with van der Waals surface area (Å²) in [4.78, 5) is 25.7. The molecule has 0 aromatic heterocycles. The van der Waals surface area contributed by atoms with E-state index in [0.29, 0.717) is 17.4 Å². The number of nitrogens with one attached hydrogen (secondary N) is 1. The molecule has 0 spiro atoms. The second-order valence-corrected chi connectivity index (χ2v) is 30.5. The molecule has 92 heavy (non-hydrogen) atoms. The number of quaternary nitrogens is 1. The monoisotopic (exact) mass is 1310 g/mol. The predicted molar refractivity (Wildman–Crippen MR) is 404 cm³/mol. The number of rotatable bonds is 76. The van der Waals surface area contributed by atoms with E-state index in [9.17, 15) is 19.4 Å². The van der Waals surface area contributed by atoms with E-state index >= 15 is 0 Å². The number of amides is 1. The third-order valence-corrected chi connectivity index (χ3v) is 19.7. The molecule has 9 heteroatoms. The summed E-state index contributed by atoms with van der Waals surface area (Å²) < 4.78 is 23.5. The molecule has 3 atom stereocenters. The Morgan fingerprint density at radius 3 is 0.957 bits per heavy atom. The van der Waals surface area contributed by atoms with Gasteiger partial charge >= 0.3 is 0 Å². The number of aliphatic hydroxyl groups excluding tert-OH is 1. The normalized spacial score (nSPS) is 13.8. The fraction of sp³-hybridized carbons (Fsp3) is 0.867. The molecule has 0 fully saturated rings. The lowest BCUT2D eigenvalue weighted by atomic mass is 10.0. The highest BCUT2D eigenvalue weighted by atomic mass is 31.2. The summed E-state index contributed by atoms with van der Waals surface area (Å²) in [5.41, 5.74) is 0. The van der Waals surface area contributed by atoms with E-state index in [1.165, 1.54) is 340 Å². The first kappa shape index (κ1) is 90.2. The molecular formula is C83H159N2O6P. The molecule has 8 nitrogen and oxygen atoms in total. The Balaban J connectivity index is 3.94. The maximum Gasteiger partial charge on any atom is 0.268 e. The van der Waals surface area contributed by atoms with E-state index in [2.05, 4.69) is 67.8 Å². The highest BCUT2D eigenvalue weighted by Gasteiger charge is 2.23. The molecule has 0 saturated heterocycles. The van der Waals surface area contributed by atoms with Gasteiger partial charge < -0.3 is 28.8 Å². The lowest BCUT2D eigenvalue weighted by Crippen LogP contribution is -2.45. The molecular weight excluding hydrogens is 1150 g/mol. The number of hydrogen-bond donors (Lipinski definition) is 2. The smallest absolute Gasteiger partial charge is 0.268 e. The number of phosphoric ester groups is 1. The zero-order chi connectivity index (χ0) is 66.9. The van der Waals surface area contributed by atoms with Crippen molar-refractivity contribution in [1.29, 1.82) is 0 Å². The average Bonchev–Trinajstić information content (AvgIpc) is 2.63. The van der Waals surface area contributed by atoms with E-state index < -0.39 is 20.0 Å². The molecule has 2 N–H and O–H groups in total. The van der Waals surface area contributed by atoms with Crippen LogP contribution >= 0.6 is 7.82 Å². The van der Waals surface area contributed by atoms with Crippen molar-refractivity contribution >= 4 is 13.7 Å². The average molecular weight is 1310 g/mol. The number of likely N-dealkylation sites (N-methyl/N-ethyl adjacent to an activating group) is 1. The number of aliphatic hydroxyl groups is 1. The van der Waals surface area contributed by atoms with Gasteiger partial charge in [-0.05, 0) is 70.6 Å². The van der Waals surface area contributed by atoms with Crippen LogP contribution in [0.5, 0.6) is 0 Å². The Morgan fingerprint density at radius 1 is 0.380 bits per heavy atom. The topological polar surface area (TPSA) is 108 Å². The molecule has 1 amide bonds. The minimum Gasteiger partial charge on any atom is -0.756 e. The van der Waals surface area contributed by atoms with Gasteiger partial charge in [0.1, 0.15) is 13.2 Å².